The first-order chi connectivity index (χ1) is 12.5. The zero-order valence-corrected chi connectivity index (χ0v) is 15.9. The number of pyridine rings is 1. The highest BCUT2D eigenvalue weighted by molar-refractivity contribution is 5.43. The van der Waals surface area contributed by atoms with Crippen molar-refractivity contribution < 1.29 is 9.47 Å². The molecule has 26 heavy (non-hydrogen) atoms. The average molecular weight is 355 g/mol. The zero-order chi connectivity index (χ0) is 18.6. The van der Waals surface area contributed by atoms with Crippen LogP contribution in [0.5, 0.6) is 11.5 Å². The Bertz CT molecular complexity index is 718. The maximum atomic E-state index is 6.26. The van der Waals surface area contributed by atoms with Gasteiger partial charge in [0.2, 0.25) is 0 Å². The van der Waals surface area contributed by atoms with Crippen LogP contribution >= 0.6 is 0 Å². The van der Waals surface area contributed by atoms with Crippen molar-refractivity contribution in [2.24, 2.45) is 11.1 Å². The van der Waals surface area contributed by atoms with E-state index in [1.165, 1.54) is 5.56 Å². The summed E-state index contributed by atoms with van der Waals surface area (Å²) in [6, 6.07) is 10.4. The number of nitrogens with two attached hydrogens (primary N) is 1. The van der Waals surface area contributed by atoms with E-state index in [0.717, 1.165) is 43.1 Å². The molecule has 0 bridgehead atoms. The number of rotatable bonds is 6. The first kappa shape index (κ1) is 18.7. The number of nitrogens with zero attached hydrogens (tertiary/aromatic N) is 2. The standard InChI is InChI=1S/C21H29N3O2/c1-21(2)15-24(10-8-20(21)22)13-16-6-7-18(25-3)19(11-16)26-14-17-5-4-9-23-12-17/h4-7,9,11-12,20H,8,10,13-15,22H2,1-3H3. The summed E-state index contributed by atoms with van der Waals surface area (Å²) < 4.78 is 11.5. The number of benzene rings is 1. The van der Waals surface area contributed by atoms with E-state index in [-0.39, 0.29) is 11.5 Å². The van der Waals surface area contributed by atoms with Gasteiger partial charge in [0.15, 0.2) is 11.5 Å². The Kier molecular flexibility index (Phi) is 5.79. The molecule has 5 heteroatoms. The highest BCUT2D eigenvalue weighted by atomic mass is 16.5. The molecular weight excluding hydrogens is 326 g/mol. The maximum Gasteiger partial charge on any atom is 0.161 e. The van der Waals surface area contributed by atoms with Gasteiger partial charge < -0.3 is 15.2 Å². The number of piperidine rings is 1. The third kappa shape index (κ3) is 4.54. The predicted molar refractivity (Wildman–Crippen MR) is 103 cm³/mol. The van der Waals surface area contributed by atoms with Crippen molar-refractivity contribution in [3.63, 3.8) is 0 Å². The molecule has 3 rings (SSSR count). The van der Waals surface area contributed by atoms with E-state index in [9.17, 15) is 0 Å². The molecule has 2 heterocycles. The topological polar surface area (TPSA) is 60.6 Å². The van der Waals surface area contributed by atoms with E-state index < -0.39 is 0 Å². The fourth-order valence-electron chi connectivity index (χ4n) is 3.46. The lowest BCUT2D eigenvalue weighted by atomic mass is 9.79. The van der Waals surface area contributed by atoms with Crippen molar-refractivity contribution in [2.45, 2.75) is 39.5 Å². The molecular formula is C21H29N3O2. The second kappa shape index (κ2) is 8.06. The Morgan fingerprint density at radius 2 is 2.08 bits per heavy atom. The van der Waals surface area contributed by atoms with Gasteiger partial charge in [-0.3, -0.25) is 9.88 Å². The highest BCUT2D eigenvalue weighted by Crippen LogP contribution is 2.32. The molecule has 1 unspecified atom stereocenters. The zero-order valence-electron chi connectivity index (χ0n) is 15.9. The van der Waals surface area contributed by atoms with Crippen LogP contribution in [0.15, 0.2) is 42.7 Å². The number of likely N-dealkylation sites (tertiary alicyclic amines) is 1. The van der Waals surface area contributed by atoms with Crippen LogP contribution in [0, 0.1) is 5.41 Å². The Balaban J connectivity index is 1.69. The van der Waals surface area contributed by atoms with Crippen molar-refractivity contribution in [3.8, 4) is 11.5 Å². The molecule has 140 valence electrons. The summed E-state index contributed by atoms with van der Waals surface area (Å²) in [5.41, 5.74) is 8.65. The number of hydrogen-bond donors (Lipinski definition) is 1. The molecule has 0 radical (unpaired) electrons. The molecule has 5 nitrogen and oxygen atoms in total. The summed E-state index contributed by atoms with van der Waals surface area (Å²) in [6.45, 7) is 7.90. The van der Waals surface area contributed by atoms with E-state index in [1.807, 2.05) is 24.4 Å². The third-order valence-corrected chi connectivity index (χ3v) is 5.14. The lowest BCUT2D eigenvalue weighted by molar-refractivity contribution is 0.0898. The van der Waals surface area contributed by atoms with Gasteiger partial charge in [-0.25, -0.2) is 0 Å². The van der Waals surface area contributed by atoms with Crippen LogP contribution in [0.3, 0.4) is 0 Å². The Morgan fingerprint density at radius 3 is 2.77 bits per heavy atom. The minimum atomic E-state index is 0.143. The van der Waals surface area contributed by atoms with Gasteiger partial charge in [0.25, 0.3) is 0 Å². The van der Waals surface area contributed by atoms with Crippen molar-refractivity contribution in [1.29, 1.82) is 0 Å². The van der Waals surface area contributed by atoms with Crippen LogP contribution < -0.4 is 15.2 Å². The summed E-state index contributed by atoms with van der Waals surface area (Å²) in [5, 5.41) is 0. The minimum Gasteiger partial charge on any atom is -0.493 e. The van der Waals surface area contributed by atoms with Crippen molar-refractivity contribution in [3.05, 3.63) is 53.9 Å². The monoisotopic (exact) mass is 355 g/mol. The number of hydrogen-bond acceptors (Lipinski definition) is 5. The molecule has 1 atom stereocenters. The van der Waals surface area contributed by atoms with Crippen LogP contribution in [-0.2, 0) is 13.2 Å². The minimum absolute atomic E-state index is 0.143. The fourth-order valence-corrected chi connectivity index (χ4v) is 3.46. The molecule has 2 N–H and O–H groups in total. The normalized spacial score (nSPS) is 19.9. The van der Waals surface area contributed by atoms with Gasteiger partial charge >= 0.3 is 0 Å². The SMILES string of the molecule is COc1ccc(CN2CCC(N)C(C)(C)C2)cc1OCc1cccnc1. The van der Waals surface area contributed by atoms with Gasteiger partial charge in [-0.2, -0.15) is 0 Å². The summed E-state index contributed by atoms with van der Waals surface area (Å²) in [5.74, 6) is 1.51. The first-order valence-electron chi connectivity index (χ1n) is 9.14. The molecule has 0 aliphatic carbocycles. The lowest BCUT2D eigenvalue weighted by Gasteiger charge is -2.42. The molecule has 0 spiro atoms. The van der Waals surface area contributed by atoms with Gasteiger partial charge in [-0.05, 0) is 35.6 Å². The highest BCUT2D eigenvalue weighted by Gasteiger charge is 2.33. The van der Waals surface area contributed by atoms with Gasteiger partial charge in [-0.15, -0.1) is 0 Å². The Morgan fingerprint density at radius 1 is 1.23 bits per heavy atom. The van der Waals surface area contributed by atoms with Crippen LogP contribution in [0.1, 0.15) is 31.4 Å². The van der Waals surface area contributed by atoms with Gasteiger partial charge in [0.05, 0.1) is 7.11 Å². The molecule has 0 amide bonds. The molecule has 0 saturated carbocycles. The molecule has 1 fully saturated rings. The van der Waals surface area contributed by atoms with Crippen molar-refractivity contribution in [1.82, 2.24) is 9.88 Å². The van der Waals surface area contributed by atoms with Gasteiger partial charge in [0, 0.05) is 43.6 Å². The maximum absolute atomic E-state index is 6.26. The third-order valence-electron chi connectivity index (χ3n) is 5.14. The molecule has 1 aliphatic rings. The van der Waals surface area contributed by atoms with E-state index in [1.54, 1.807) is 13.3 Å². The smallest absolute Gasteiger partial charge is 0.161 e. The Hall–Kier alpha value is -2.11. The Labute approximate surface area is 156 Å². The van der Waals surface area contributed by atoms with Crippen LogP contribution in [0.4, 0.5) is 0 Å². The molecule has 1 saturated heterocycles. The number of ether oxygens (including phenoxy) is 2. The summed E-state index contributed by atoms with van der Waals surface area (Å²) in [7, 11) is 1.67. The summed E-state index contributed by atoms with van der Waals surface area (Å²) >= 11 is 0. The molecule has 1 aliphatic heterocycles. The molecule has 2 aromatic rings. The lowest BCUT2D eigenvalue weighted by Crippen LogP contribution is -2.52. The van der Waals surface area contributed by atoms with E-state index in [2.05, 4.69) is 35.9 Å². The average Bonchev–Trinajstić information content (AvgIpc) is 2.64. The van der Waals surface area contributed by atoms with Crippen LogP contribution in [0.25, 0.3) is 0 Å². The van der Waals surface area contributed by atoms with Crippen LogP contribution in [0.2, 0.25) is 0 Å². The van der Waals surface area contributed by atoms with E-state index >= 15 is 0 Å². The van der Waals surface area contributed by atoms with Crippen molar-refractivity contribution >= 4 is 0 Å². The summed E-state index contributed by atoms with van der Waals surface area (Å²) in [4.78, 5) is 6.59. The van der Waals surface area contributed by atoms with Gasteiger partial charge in [-0.1, -0.05) is 26.0 Å². The van der Waals surface area contributed by atoms with E-state index in [0.29, 0.717) is 6.61 Å². The molecule has 1 aromatic carbocycles. The fraction of sp³-hybridized carbons (Fsp3) is 0.476. The predicted octanol–water partition coefficient (Wildman–Crippen LogP) is 3.23. The second-order valence-electron chi connectivity index (χ2n) is 7.73. The first-order valence-corrected chi connectivity index (χ1v) is 9.14. The van der Waals surface area contributed by atoms with Crippen LogP contribution in [-0.4, -0.2) is 36.1 Å². The quantitative estimate of drug-likeness (QED) is 0.862. The molecule has 1 aromatic heterocycles. The van der Waals surface area contributed by atoms with Gasteiger partial charge in [0.1, 0.15) is 6.61 Å². The summed E-state index contributed by atoms with van der Waals surface area (Å²) in [6.07, 6.45) is 4.61. The largest absolute Gasteiger partial charge is 0.493 e. The second-order valence-corrected chi connectivity index (χ2v) is 7.73. The number of aromatic nitrogens is 1. The van der Waals surface area contributed by atoms with Crippen molar-refractivity contribution in [2.75, 3.05) is 20.2 Å². The van der Waals surface area contributed by atoms with E-state index in [4.69, 9.17) is 15.2 Å². The number of methoxy groups -OCH3 is 1.